The van der Waals surface area contributed by atoms with Crippen molar-refractivity contribution < 1.29 is 13.2 Å². The molecule has 0 heterocycles. The van der Waals surface area contributed by atoms with Gasteiger partial charge in [-0.05, 0) is 12.8 Å². The molecular formula is C10H16F3N. The van der Waals surface area contributed by atoms with Crippen molar-refractivity contribution in [3.05, 3.63) is 24.3 Å². The van der Waals surface area contributed by atoms with Crippen molar-refractivity contribution in [1.29, 1.82) is 0 Å². The third-order valence-corrected chi connectivity index (χ3v) is 2.06. The number of allylic oxidation sites excluding steroid dienone is 1. The molecule has 82 valence electrons. The molecule has 0 radical (unpaired) electrons. The minimum absolute atomic E-state index is 0.000478. The molecule has 0 aliphatic heterocycles. The molecule has 0 aliphatic carbocycles. The predicted octanol–water partition coefficient (Wildman–Crippen LogP) is 3.03. The Morgan fingerprint density at radius 3 is 2.36 bits per heavy atom. The Balaban J connectivity index is 4.06. The Morgan fingerprint density at radius 1 is 1.50 bits per heavy atom. The van der Waals surface area contributed by atoms with E-state index in [9.17, 15) is 13.2 Å². The Labute approximate surface area is 82.5 Å². The maximum absolute atomic E-state index is 11.8. The van der Waals surface area contributed by atoms with Gasteiger partial charge in [0.1, 0.15) is 0 Å². The number of halogens is 3. The van der Waals surface area contributed by atoms with Crippen LogP contribution in [-0.4, -0.2) is 12.2 Å². The highest BCUT2D eigenvalue weighted by Crippen LogP contribution is 2.20. The zero-order valence-electron chi connectivity index (χ0n) is 8.43. The molecule has 4 heteroatoms. The summed E-state index contributed by atoms with van der Waals surface area (Å²) in [7, 11) is 0. The Bertz CT molecular complexity index is 218. The van der Waals surface area contributed by atoms with Gasteiger partial charge >= 0.3 is 6.18 Å². The minimum Gasteiger partial charge on any atom is -0.324 e. The van der Waals surface area contributed by atoms with E-state index in [1.54, 1.807) is 0 Å². The van der Waals surface area contributed by atoms with Gasteiger partial charge in [0.15, 0.2) is 0 Å². The number of hydrogen-bond acceptors (Lipinski definition) is 1. The SMILES string of the molecule is C=C(C)C(C)[C@@H](N)/C=C\CC(F)(F)F. The molecule has 2 N–H and O–H groups in total. The molecule has 0 rings (SSSR count). The van der Waals surface area contributed by atoms with Gasteiger partial charge in [0.05, 0.1) is 6.42 Å². The minimum atomic E-state index is -4.15. The summed E-state index contributed by atoms with van der Waals surface area (Å²) in [5.41, 5.74) is 6.50. The van der Waals surface area contributed by atoms with E-state index in [0.29, 0.717) is 0 Å². The van der Waals surface area contributed by atoms with Crippen LogP contribution in [0.15, 0.2) is 24.3 Å². The summed E-state index contributed by atoms with van der Waals surface area (Å²) < 4.78 is 35.3. The van der Waals surface area contributed by atoms with E-state index in [-0.39, 0.29) is 5.92 Å². The summed E-state index contributed by atoms with van der Waals surface area (Å²) in [6.45, 7) is 7.34. The summed E-state index contributed by atoms with van der Waals surface area (Å²) in [5.74, 6) is -0.000478. The summed E-state index contributed by atoms with van der Waals surface area (Å²) >= 11 is 0. The number of rotatable bonds is 4. The van der Waals surface area contributed by atoms with E-state index >= 15 is 0 Å². The van der Waals surface area contributed by atoms with Crippen molar-refractivity contribution in [3.8, 4) is 0 Å². The van der Waals surface area contributed by atoms with E-state index in [1.165, 1.54) is 6.08 Å². The fourth-order valence-electron chi connectivity index (χ4n) is 0.854. The van der Waals surface area contributed by atoms with Gasteiger partial charge in [-0.25, -0.2) is 0 Å². The van der Waals surface area contributed by atoms with Gasteiger partial charge in [0, 0.05) is 6.04 Å². The fourth-order valence-corrected chi connectivity index (χ4v) is 0.854. The second-order valence-electron chi connectivity index (χ2n) is 3.46. The highest BCUT2D eigenvalue weighted by molar-refractivity contribution is 5.06. The van der Waals surface area contributed by atoms with E-state index in [1.807, 2.05) is 13.8 Å². The third kappa shape index (κ3) is 5.80. The first-order chi connectivity index (χ1) is 6.24. The van der Waals surface area contributed by atoms with E-state index in [0.717, 1.165) is 11.6 Å². The van der Waals surface area contributed by atoms with Gasteiger partial charge in [0.25, 0.3) is 0 Å². The summed E-state index contributed by atoms with van der Waals surface area (Å²) in [6.07, 6.45) is -2.64. The zero-order valence-corrected chi connectivity index (χ0v) is 8.43. The van der Waals surface area contributed by atoms with Crippen molar-refractivity contribution in [3.63, 3.8) is 0 Å². The van der Waals surface area contributed by atoms with Gasteiger partial charge in [-0.3, -0.25) is 0 Å². The predicted molar refractivity (Wildman–Crippen MR) is 51.8 cm³/mol. The van der Waals surface area contributed by atoms with Crippen LogP contribution < -0.4 is 5.73 Å². The van der Waals surface area contributed by atoms with Crippen LogP contribution in [0.1, 0.15) is 20.3 Å². The lowest BCUT2D eigenvalue weighted by molar-refractivity contribution is -0.125. The Kier molecular flexibility index (Phi) is 4.91. The van der Waals surface area contributed by atoms with Gasteiger partial charge in [0.2, 0.25) is 0 Å². The highest BCUT2D eigenvalue weighted by atomic mass is 19.4. The van der Waals surface area contributed by atoms with Crippen LogP contribution in [0.2, 0.25) is 0 Å². The molecule has 0 fully saturated rings. The topological polar surface area (TPSA) is 26.0 Å². The first kappa shape index (κ1) is 13.2. The lowest BCUT2D eigenvalue weighted by atomic mass is 9.95. The molecule has 0 saturated heterocycles. The summed E-state index contributed by atoms with van der Waals surface area (Å²) in [6, 6.07) is -0.394. The molecule has 0 aromatic rings. The molecule has 0 aromatic heterocycles. The molecule has 0 saturated carbocycles. The van der Waals surface area contributed by atoms with E-state index in [4.69, 9.17) is 5.73 Å². The van der Waals surface area contributed by atoms with Crippen LogP contribution in [0, 0.1) is 5.92 Å². The normalized spacial score (nSPS) is 17.0. The van der Waals surface area contributed by atoms with Crippen molar-refractivity contribution in [2.45, 2.75) is 32.5 Å². The second kappa shape index (κ2) is 5.20. The van der Waals surface area contributed by atoms with Gasteiger partial charge in [-0.15, -0.1) is 0 Å². The largest absolute Gasteiger partial charge is 0.392 e. The van der Waals surface area contributed by atoms with Crippen molar-refractivity contribution in [2.75, 3.05) is 0 Å². The number of nitrogens with two attached hydrogens (primary N) is 1. The summed E-state index contributed by atoms with van der Waals surface area (Å²) in [4.78, 5) is 0. The molecule has 1 unspecified atom stereocenters. The average Bonchev–Trinajstić information content (AvgIpc) is 2.00. The highest BCUT2D eigenvalue weighted by Gasteiger charge is 2.24. The van der Waals surface area contributed by atoms with Crippen molar-refractivity contribution >= 4 is 0 Å². The average molecular weight is 207 g/mol. The first-order valence-electron chi connectivity index (χ1n) is 4.38. The number of hydrogen-bond donors (Lipinski definition) is 1. The van der Waals surface area contributed by atoms with Gasteiger partial charge in [-0.1, -0.05) is 31.2 Å². The quantitative estimate of drug-likeness (QED) is 0.704. The monoisotopic (exact) mass is 207 g/mol. The van der Waals surface area contributed by atoms with Crippen molar-refractivity contribution in [2.24, 2.45) is 11.7 Å². The summed E-state index contributed by atoms with van der Waals surface area (Å²) in [5, 5.41) is 0. The standard InChI is InChI=1S/C10H16F3N/c1-7(2)8(3)9(14)5-4-6-10(11,12)13/h4-5,8-9H,1,6,14H2,2-3H3/b5-4-/t8?,9-/m0/s1. The van der Waals surface area contributed by atoms with Gasteiger partial charge < -0.3 is 5.73 Å². The molecule has 2 atom stereocenters. The zero-order chi connectivity index (χ0) is 11.4. The van der Waals surface area contributed by atoms with Crippen molar-refractivity contribution in [1.82, 2.24) is 0 Å². The van der Waals surface area contributed by atoms with E-state index in [2.05, 4.69) is 6.58 Å². The van der Waals surface area contributed by atoms with E-state index < -0.39 is 18.6 Å². The lowest BCUT2D eigenvalue weighted by Crippen LogP contribution is -2.26. The second-order valence-corrected chi connectivity index (χ2v) is 3.46. The van der Waals surface area contributed by atoms with Crippen LogP contribution in [0.4, 0.5) is 13.2 Å². The van der Waals surface area contributed by atoms with Crippen LogP contribution in [0.3, 0.4) is 0 Å². The molecule has 0 spiro atoms. The van der Waals surface area contributed by atoms with Crippen LogP contribution in [-0.2, 0) is 0 Å². The van der Waals surface area contributed by atoms with Crippen LogP contribution >= 0.6 is 0 Å². The van der Waals surface area contributed by atoms with Crippen LogP contribution in [0.5, 0.6) is 0 Å². The number of alkyl halides is 3. The lowest BCUT2D eigenvalue weighted by Gasteiger charge is -2.16. The Hall–Kier alpha value is -0.770. The molecule has 0 aliphatic rings. The third-order valence-electron chi connectivity index (χ3n) is 2.06. The molecule has 1 nitrogen and oxygen atoms in total. The van der Waals surface area contributed by atoms with Crippen LogP contribution in [0.25, 0.3) is 0 Å². The maximum atomic E-state index is 11.8. The molecular weight excluding hydrogens is 191 g/mol. The first-order valence-corrected chi connectivity index (χ1v) is 4.38. The maximum Gasteiger partial charge on any atom is 0.392 e. The molecule has 0 bridgehead atoms. The Morgan fingerprint density at radius 2 is 2.00 bits per heavy atom. The molecule has 0 aromatic carbocycles. The molecule has 0 amide bonds. The fraction of sp³-hybridized carbons (Fsp3) is 0.600. The van der Waals surface area contributed by atoms with Gasteiger partial charge in [-0.2, -0.15) is 13.2 Å². The molecule has 14 heavy (non-hydrogen) atoms. The smallest absolute Gasteiger partial charge is 0.324 e.